The van der Waals surface area contributed by atoms with Gasteiger partial charge < -0.3 is 4.90 Å². The standard InChI is InChI=1S/C13H22N4O/c1-4-6-11-8-7-10(5-2)17(11)13(18)12-14-9(3)15-16-12/h10-11H,4-8H2,1-3H3,(H,14,15,16). The van der Waals surface area contributed by atoms with Crippen LogP contribution in [-0.2, 0) is 0 Å². The lowest BCUT2D eigenvalue weighted by Crippen LogP contribution is -2.41. The smallest absolute Gasteiger partial charge is 0.294 e. The number of rotatable bonds is 4. The van der Waals surface area contributed by atoms with E-state index in [1.807, 2.05) is 11.8 Å². The monoisotopic (exact) mass is 250 g/mol. The van der Waals surface area contributed by atoms with Crippen LogP contribution in [0.5, 0.6) is 0 Å². The predicted octanol–water partition coefficient (Wildman–Crippen LogP) is 2.30. The van der Waals surface area contributed by atoms with Gasteiger partial charge in [0.05, 0.1) is 0 Å². The Morgan fingerprint density at radius 1 is 1.39 bits per heavy atom. The maximum atomic E-state index is 12.5. The molecule has 1 saturated heterocycles. The Bertz CT molecular complexity index is 415. The van der Waals surface area contributed by atoms with Crippen LogP contribution in [0.15, 0.2) is 0 Å². The summed E-state index contributed by atoms with van der Waals surface area (Å²) in [4.78, 5) is 18.7. The molecule has 1 aromatic rings. The van der Waals surface area contributed by atoms with Gasteiger partial charge in [-0.15, -0.1) is 5.10 Å². The van der Waals surface area contributed by atoms with Crippen molar-refractivity contribution in [3.8, 4) is 0 Å². The molecule has 2 atom stereocenters. The molecule has 1 amide bonds. The molecule has 0 bridgehead atoms. The van der Waals surface area contributed by atoms with Gasteiger partial charge in [-0.05, 0) is 32.6 Å². The van der Waals surface area contributed by atoms with E-state index in [-0.39, 0.29) is 5.91 Å². The zero-order valence-electron chi connectivity index (χ0n) is 11.4. The van der Waals surface area contributed by atoms with Crippen LogP contribution in [0.4, 0.5) is 0 Å². The number of carbonyl (C=O) groups excluding carboxylic acids is 1. The number of hydrogen-bond donors (Lipinski definition) is 1. The number of H-pyrrole nitrogens is 1. The summed E-state index contributed by atoms with van der Waals surface area (Å²) in [7, 11) is 0. The maximum absolute atomic E-state index is 12.5. The van der Waals surface area contributed by atoms with Crippen molar-refractivity contribution >= 4 is 5.91 Å². The topological polar surface area (TPSA) is 61.9 Å². The number of hydrogen-bond acceptors (Lipinski definition) is 3. The fraction of sp³-hybridized carbons (Fsp3) is 0.769. The highest BCUT2D eigenvalue weighted by Gasteiger charge is 2.36. The molecule has 5 heteroatoms. The van der Waals surface area contributed by atoms with Gasteiger partial charge in [0.2, 0.25) is 5.82 Å². The summed E-state index contributed by atoms with van der Waals surface area (Å²) in [5, 5.41) is 6.74. The number of aryl methyl sites for hydroxylation is 1. The maximum Gasteiger partial charge on any atom is 0.294 e. The van der Waals surface area contributed by atoms with Crippen LogP contribution >= 0.6 is 0 Å². The van der Waals surface area contributed by atoms with Crippen molar-refractivity contribution in [1.82, 2.24) is 20.1 Å². The first-order valence-electron chi connectivity index (χ1n) is 6.89. The van der Waals surface area contributed by atoms with Crippen molar-refractivity contribution in [3.63, 3.8) is 0 Å². The Morgan fingerprint density at radius 3 is 2.67 bits per heavy atom. The number of carbonyl (C=O) groups is 1. The fourth-order valence-corrected chi connectivity index (χ4v) is 2.86. The first-order chi connectivity index (χ1) is 8.67. The van der Waals surface area contributed by atoms with E-state index < -0.39 is 0 Å². The third-order valence-electron chi connectivity index (χ3n) is 3.74. The summed E-state index contributed by atoms with van der Waals surface area (Å²) in [5.41, 5.74) is 0. The Hall–Kier alpha value is -1.39. The lowest BCUT2D eigenvalue weighted by molar-refractivity contribution is 0.0642. The largest absolute Gasteiger partial charge is 0.330 e. The lowest BCUT2D eigenvalue weighted by Gasteiger charge is -2.28. The Morgan fingerprint density at radius 2 is 2.11 bits per heavy atom. The second kappa shape index (κ2) is 5.50. The Kier molecular flexibility index (Phi) is 3.99. The summed E-state index contributed by atoms with van der Waals surface area (Å²) < 4.78 is 0. The van der Waals surface area contributed by atoms with E-state index in [1.165, 1.54) is 0 Å². The highest BCUT2D eigenvalue weighted by molar-refractivity contribution is 5.91. The molecule has 0 radical (unpaired) electrons. The van der Waals surface area contributed by atoms with Gasteiger partial charge in [-0.1, -0.05) is 20.3 Å². The molecule has 1 N–H and O–H groups in total. The molecule has 100 valence electrons. The molecular weight excluding hydrogens is 228 g/mol. The van der Waals surface area contributed by atoms with Crippen molar-refractivity contribution < 1.29 is 4.79 Å². The van der Waals surface area contributed by atoms with Crippen LogP contribution in [0.1, 0.15) is 62.4 Å². The zero-order chi connectivity index (χ0) is 13.1. The van der Waals surface area contributed by atoms with Gasteiger partial charge in [0, 0.05) is 12.1 Å². The number of amides is 1. The Labute approximate surface area is 108 Å². The minimum atomic E-state index is -0.0119. The SMILES string of the molecule is CCCC1CCC(CC)N1C(=O)c1n[nH]c(C)n1. The first-order valence-corrected chi connectivity index (χ1v) is 6.89. The van der Waals surface area contributed by atoms with Crippen molar-refractivity contribution in [1.29, 1.82) is 0 Å². The van der Waals surface area contributed by atoms with Crippen molar-refractivity contribution in [2.24, 2.45) is 0 Å². The molecule has 1 aliphatic heterocycles. The number of aromatic amines is 1. The predicted molar refractivity (Wildman–Crippen MR) is 69.3 cm³/mol. The third-order valence-corrected chi connectivity index (χ3v) is 3.74. The highest BCUT2D eigenvalue weighted by Crippen LogP contribution is 2.30. The third kappa shape index (κ3) is 2.40. The van der Waals surface area contributed by atoms with E-state index in [0.29, 0.717) is 23.7 Å². The van der Waals surface area contributed by atoms with E-state index in [9.17, 15) is 4.79 Å². The summed E-state index contributed by atoms with van der Waals surface area (Å²) >= 11 is 0. The molecule has 0 spiro atoms. The quantitative estimate of drug-likeness (QED) is 0.891. The average molecular weight is 250 g/mol. The lowest BCUT2D eigenvalue weighted by atomic mass is 10.1. The minimum absolute atomic E-state index is 0.0119. The molecule has 0 saturated carbocycles. The molecule has 2 unspecified atom stereocenters. The molecule has 5 nitrogen and oxygen atoms in total. The van der Waals surface area contributed by atoms with Gasteiger partial charge in [0.25, 0.3) is 5.91 Å². The normalized spacial score (nSPS) is 23.6. The molecule has 2 rings (SSSR count). The average Bonchev–Trinajstić information content (AvgIpc) is 2.95. The summed E-state index contributed by atoms with van der Waals surface area (Å²) in [5.74, 6) is 0.994. The second-order valence-electron chi connectivity index (χ2n) is 5.04. The fourth-order valence-electron chi connectivity index (χ4n) is 2.86. The summed E-state index contributed by atoms with van der Waals surface area (Å²) in [6.45, 7) is 6.12. The van der Waals surface area contributed by atoms with Gasteiger partial charge in [0.15, 0.2) is 0 Å². The van der Waals surface area contributed by atoms with Crippen molar-refractivity contribution in [2.45, 2.75) is 65.0 Å². The van der Waals surface area contributed by atoms with E-state index in [2.05, 4.69) is 29.0 Å². The van der Waals surface area contributed by atoms with Gasteiger partial charge in [-0.25, -0.2) is 4.98 Å². The minimum Gasteiger partial charge on any atom is -0.330 e. The number of nitrogens with zero attached hydrogens (tertiary/aromatic N) is 3. The molecule has 0 aromatic carbocycles. The molecule has 1 aliphatic rings. The van der Waals surface area contributed by atoms with Crippen LogP contribution in [-0.4, -0.2) is 38.1 Å². The first kappa shape index (κ1) is 13.1. The van der Waals surface area contributed by atoms with E-state index in [4.69, 9.17) is 0 Å². The van der Waals surface area contributed by atoms with Gasteiger partial charge >= 0.3 is 0 Å². The second-order valence-corrected chi connectivity index (χ2v) is 5.04. The molecule has 18 heavy (non-hydrogen) atoms. The van der Waals surface area contributed by atoms with E-state index in [0.717, 1.165) is 32.1 Å². The molecule has 2 heterocycles. The Balaban J connectivity index is 2.18. The van der Waals surface area contributed by atoms with Crippen LogP contribution < -0.4 is 0 Å². The molecule has 0 aliphatic carbocycles. The van der Waals surface area contributed by atoms with Crippen LogP contribution in [0.3, 0.4) is 0 Å². The molecule has 1 aromatic heterocycles. The van der Waals surface area contributed by atoms with E-state index >= 15 is 0 Å². The number of aromatic nitrogens is 3. The van der Waals surface area contributed by atoms with E-state index in [1.54, 1.807) is 0 Å². The van der Waals surface area contributed by atoms with Gasteiger partial charge in [-0.2, -0.15) is 0 Å². The number of likely N-dealkylation sites (tertiary alicyclic amines) is 1. The number of nitrogens with one attached hydrogen (secondary N) is 1. The van der Waals surface area contributed by atoms with Crippen molar-refractivity contribution in [2.75, 3.05) is 0 Å². The molecule has 1 fully saturated rings. The summed E-state index contributed by atoms with van der Waals surface area (Å²) in [6.07, 6.45) is 5.41. The van der Waals surface area contributed by atoms with Crippen molar-refractivity contribution in [3.05, 3.63) is 11.6 Å². The molecular formula is C13H22N4O. The van der Waals surface area contributed by atoms with Crippen LogP contribution in [0.25, 0.3) is 0 Å². The highest BCUT2D eigenvalue weighted by atomic mass is 16.2. The zero-order valence-corrected chi connectivity index (χ0v) is 11.4. The van der Waals surface area contributed by atoms with Crippen LogP contribution in [0.2, 0.25) is 0 Å². The van der Waals surface area contributed by atoms with Crippen LogP contribution in [0, 0.1) is 6.92 Å². The summed E-state index contributed by atoms with van der Waals surface area (Å²) in [6, 6.07) is 0.721. The van der Waals surface area contributed by atoms with Gasteiger partial charge in [0.1, 0.15) is 5.82 Å². The van der Waals surface area contributed by atoms with Gasteiger partial charge in [-0.3, -0.25) is 9.89 Å².